The molecule has 0 aliphatic heterocycles. The van der Waals surface area contributed by atoms with E-state index in [2.05, 4.69) is 16.7 Å². The molecule has 3 N–H and O–H groups in total. The summed E-state index contributed by atoms with van der Waals surface area (Å²) in [5, 5.41) is 16.9. The second-order valence-electron chi connectivity index (χ2n) is 6.22. The molecule has 1 aliphatic carbocycles. The average Bonchev–Trinajstić information content (AvgIpc) is 3.00. The Kier molecular flexibility index (Phi) is 4.81. The summed E-state index contributed by atoms with van der Waals surface area (Å²) in [7, 11) is 0. The summed E-state index contributed by atoms with van der Waals surface area (Å²) >= 11 is 0. The van der Waals surface area contributed by atoms with Gasteiger partial charge in [-0.1, -0.05) is 37.6 Å². The third kappa shape index (κ3) is 3.26. The number of anilines is 1. The zero-order valence-electron chi connectivity index (χ0n) is 13.8. The van der Waals surface area contributed by atoms with Crippen LogP contribution in [0.4, 0.5) is 5.69 Å². The van der Waals surface area contributed by atoms with Crippen molar-refractivity contribution < 1.29 is 14.7 Å². The van der Waals surface area contributed by atoms with Gasteiger partial charge in [-0.2, -0.15) is 0 Å². The highest BCUT2D eigenvalue weighted by Gasteiger charge is 2.19. The number of carbonyl (C=O) groups is 2. The smallest absolute Gasteiger partial charge is 0.313 e. The fourth-order valence-electron chi connectivity index (χ4n) is 3.26. The summed E-state index contributed by atoms with van der Waals surface area (Å²) in [6.07, 6.45) is 2.82. The number of nitrogens with one attached hydrogen (secondary N) is 2. The van der Waals surface area contributed by atoms with Crippen LogP contribution in [0.3, 0.4) is 0 Å². The molecule has 0 saturated heterocycles. The van der Waals surface area contributed by atoms with Crippen LogP contribution in [0, 0.1) is 0 Å². The van der Waals surface area contributed by atoms with Crippen LogP contribution < -0.4 is 10.6 Å². The average molecular weight is 326 g/mol. The quantitative estimate of drug-likeness (QED) is 0.737. The first kappa shape index (κ1) is 16.5. The van der Waals surface area contributed by atoms with Crippen LogP contribution in [0.15, 0.2) is 30.3 Å². The first-order valence-corrected chi connectivity index (χ1v) is 8.41. The maximum Gasteiger partial charge on any atom is 0.313 e. The van der Waals surface area contributed by atoms with Crippen molar-refractivity contribution in [3.8, 4) is 0 Å². The number of aryl methyl sites for hydroxylation is 2. The minimum absolute atomic E-state index is 0.0872. The van der Waals surface area contributed by atoms with E-state index in [1.165, 1.54) is 16.5 Å². The predicted molar refractivity (Wildman–Crippen MR) is 93.9 cm³/mol. The standard InChI is InChI=1S/C19H22N2O3/c1-2-4-14(22)11-20-18(23)19(24)21-16-10-9-13-8-7-12-5-3-6-15(16)17(12)13/h3,5-6,9-10,14,22H,2,4,7-8,11H2,1H3,(H,20,23)(H,21,24). The minimum Gasteiger partial charge on any atom is -0.391 e. The van der Waals surface area contributed by atoms with Gasteiger partial charge in [0.15, 0.2) is 0 Å². The van der Waals surface area contributed by atoms with Crippen molar-refractivity contribution in [3.63, 3.8) is 0 Å². The molecule has 2 aromatic carbocycles. The van der Waals surface area contributed by atoms with E-state index in [0.717, 1.165) is 24.6 Å². The molecule has 0 bridgehead atoms. The lowest BCUT2D eigenvalue weighted by atomic mass is 10.0. The Morgan fingerprint density at radius 3 is 2.62 bits per heavy atom. The van der Waals surface area contributed by atoms with Gasteiger partial charge in [0.25, 0.3) is 0 Å². The van der Waals surface area contributed by atoms with Gasteiger partial charge in [-0.25, -0.2) is 0 Å². The number of rotatable bonds is 5. The van der Waals surface area contributed by atoms with E-state index >= 15 is 0 Å². The van der Waals surface area contributed by atoms with Gasteiger partial charge >= 0.3 is 11.8 Å². The van der Waals surface area contributed by atoms with Gasteiger partial charge in [0.2, 0.25) is 0 Å². The third-order valence-electron chi connectivity index (χ3n) is 4.45. The Morgan fingerprint density at radius 2 is 1.88 bits per heavy atom. The first-order valence-electron chi connectivity index (χ1n) is 8.41. The second-order valence-corrected chi connectivity index (χ2v) is 6.22. The molecule has 24 heavy (non-hydrogen) atoms. The Labute approximate surface area is 141 Å². The van der Waals surface area contributed by atoms with Gasteiger partial charge in [-0.15, -0.1) is 0 Å². The molecular weight excluding hydrogens is 304 g/mol. The molecule has 0 aromatic heterocycles. The normalized spacial score (nSPS) is 13.8. The van der Waals surface area contributed by atoms with Crippen molar-refractivity contribution in [2.24, 2.45) is 0 Å². The second kappa shape index (κ2) is 7.01. The van der Waals surface area contributed by atoms with Crippen molar-refractivity contribution >= 4 is 28.3 Å². The summed E-state index contributed by atoms with van der Waals surface area (Å²) in [6.45, 7) is 2.04. The molecule has 126 valence electrons. The van der Waals surface area contributed by atoms with Crippen molar-refractivity contribution in [3.05, 3.63) is 41.5 Å². The van der Waals surface area contributed by atoms with Gasteiger partial charge < -0.3 is 15.7 Å². The highest BCUT2D eigenvalue weighted by molar-refractivity contribution is 6.40. The summed E-state index contributed by atoms with van der Waals surface area (Å²) in [6, 6.07) is 9.91. The molecule has 0 saturated carbocycles. The summed E-state index contributed by atoms with van der Waals surface area (Å²) in [5.41, 5.74) is 3.21. The molecule has 5 heteroatoms. The number of aliphatic hydroxyl groups excluding tert-OH is 1. The largest absolute Gasteiger partial charge is 0.391 e. The van der Waals surface area contributed by atoms with E-state index in [9.17, 15) is 14.7 Å². The molecule has 2 aromatic rings. The van der Waals surface area contributed by atoms with E-state index in [1.807, 2.05) is 31.2 Å². The molecule has 3 rings (SSSR count). The maximum atomic E-state index is 12.1. The molecule has 0 fully saturated rings. The van der Waals surface area contributed by atoms with Gasteiger partial charge in [-0.3, -0.25) is 9.59 Å². The van der Waals surface area contributed by atoms with Crippen LogP contribution in [0.5, 0.6) is 0 Å². The summed E-state index contributed by atoms with van der Waals surface area (Å²) in [5.74, 6) is -1.44. The van der Waals surface area contributed by atoms with Crippen LogP contribution in [0.2, 0.25) is 0 Å². The van der Waals surface area contributed by atoms with E-state index in [0.29, 0.717) is 12.1 Å². The Morgan fingerprint density at radius 1 is 1.12 bits per heavy atom. The highest BCUT2D eigenvalue weighted by atomic mass is 16.3. The van der Waals surface area contributed by atoms with E-state index in [-0.39, 0.29) is 6.54 Å². The number of hydrogen-bond acceptors (Lipinski definition) is 3. The lowest BCUT2D eigenvalue weighted by Crippen LogP contribution is -2.39. The maximum absolute atomic E-state index is 12.1. The minimum atomic E-state index is -0.728. The molecule has 1 aliphatic rings. The Bertz CT molecular complexity index is 775. The van der Waals surface area contributed by atoms with E-state index in [4.69, 9.17) is 0 Å². The van der Waals surface area contributed by atoms with Crippen molar-refractivity contribution in [1.82, 2.24) is 5.32 Å². The van der Waals surface area contributed by atoms with Crippen molar-refractivity contribution in [2.45, 2.75) is 38.7 Å². The highest BCUT2D eigenvalue weighted by Crippen LogP contribution is 2.34. The zero-order chi connectivity index (χ0) is 17.1. The predicted octanol–water partition coefficient (Wildman–Crippen LogP) is 2.15. The van der Waals surface area contributed by atoms with E-state index < -0.39 is 17.9 Å². The molecule has 2 amide bonds. The SMILES string of the molecule is CCCC(O)CNC(=O)C(=O)Nc1ccc2c3c(cccc13)CC2. The van der Waals surface area contributed by atoms with Crippen molar-refractivity contribution in [2.75, 3.05) is 11.9 Å². The van der Waals surface area contributed by atoms with E-state index in [1.54, 1.807) is 0 Å². The third-order valence-corrected chi connectivity index (χ3v) is 4.45. The molecular formula is C19H22N2O3. The lowest BCUT2D eigenvalue weighted by molar-refractivity contribution is -0.136. The first-order chi connectivity index (χ1) is 11.6. The number of aliphatic hydroxyl groups is 1. The molecule has 0 radical (unpaired) electrons. The van der Waals surface area contributed by atoms with Crippen LogP contribution >= 0.6 is 0 Å². The molecule has 1 unspecified atom stereocenters. The fourth-order valence-corrected chi connectivity index (χ4v) is 3.26. The van der Waals surface area contributed by atoms with Gasteiger partial charge in [0.05, 0.1) is 6.10 Å². The topological polar surface area (TPSA) is 78.4 Å². The molecule has 0 heterocycles. The van der Waals surface area contributed by atoms with Crippen LogP contribution in [-0.2, 0) is 22.4 Å². The molecule has 0 spiro atoms. The van der Waals surface area contributed by atoms with Gasteiger partial charge in [0.1, 0.15) is 0 Å². The monoisotopic (exact) mass is 326 g/mol. The number of carbonyl (C=O) groups excluding carboxylic acids is 2. The van der Waals surface area contributed by atoms with Crippen LogP contribution in [0.1, 0.15) is 30.9 Å². The number of hydrogen-bond donors (Lipinski definition) is 3. The zero-order valence-corrected chi connectivity index (χ0v) is 13.8. The van der Waals surface area contributed by atoms with Gasteiger partial charge in [-0.05, 0) is 41.8 Å². The Hall–Kier alpha value is -2.40. The van der Waals surface area contributed by atoms with Crippen molar-refractivity contribution in [1.29, 1.82) is 0 Å². The fraction of sp³-hybridized carbons (Fsp3) is 0.368. The lowest BCUT2D eigenvalue weighted by Gasteiger charge is -2.12. The summed E-state index contributed by atoms with van der Waals surface area (Å²) in [4.78, 5) is 24.0. The number of amides is 2. The van der Waals surface area contributed by atoms with Crippen LogP contribution in [0.25, 0.3) is 10.8 Å². The number of benzene rings is 2. The summed E-state index contributed by atoms with van der Waals surface area (Å²) < 4.78 is 0. The molecule has 5 nitrogen and oxygen atoms in total. The van der Waals surface area contributed by atoms with Crippen LogP contribution in [-0.4, -0.2) is 29.6 Å². The van der Waals surface area contributed by atoms with Gasteiger partial charge in [0, 0.05) is 17.6 Å². The molecule has 1 atom stereocenters. The Balaban J connectivity index is 1.71.